The van der Waals surface area contributed by atoms with Crippen LogP contribution in [0.25, 0.3) is 0 Å². The van der Waals surface area contributed by atoms with Crippen molar-refractivity contribution in [2.75, 3.05) is 23.7 Å². The number of aromatic nitrogens is 2. The largest absolute Gasteiger partial charge is 0.406 e. The Morgan fingerprint density at radius 2 is 1.87 bits per heavy atom. The molecule has 7 heteroatoms. The van der Waals surface area contributed by atoms with Gasteiger partial charge in [-0.15, -0.1) is 0 Å². The van der Waals surface area contributed by atoms with Gasteiger partial charge in [-0.25, -0.2) is 9.97 Å². The van der Waals surface area contributed by atoms with E-state index >= 15 is 0 Å². The number of halogens is 3. The third-order valence-electron chi connectivity index (χ3n) is 1.69. The fraction of sp³-hybridized carbons (Fsp3) is 0.500. The van der Waals surface area contributed by atoms with Gasteiger partial charge >= 0.3 is 6.18 Å². The molecule has 0 fully saturated rings. The average Bonchev–Trinajstić information content (AvgIpc) is 2.14. The molecule has 0 saturated carbocycles. The molecule has 0 amide bonds. The van der Waals surface area contributed by atoms with E-state index in [0.29, 0.717) is 5.69 Å². The second-order valence-corrected chi connectivity index (χ2v) is 2.95. The topological polar surface area (TPSA) is 55.0 Å². The van der Waals surface area contributed by atoms with Gasteiger partial charge in [0.1, 0.15) is 6.54 Å². The molecule has 15 heavy (non-hydrogen) atoms. The molecule has 0 radical (unpaired) electrons. The van der Waals surface area contributed by atoms with Gasteiger partial charge in [0.2, 0.25) is 5.95 Å². The number of alkyl halides is 3. The van der Waals surface area contributed by atoms with E-state index in [0.717, 1.165) is 4.90 Å². The lowest BCUT2D eigenvalue weighted by Crippen LogP contribution is -2.35. The summed E-state index contributed by atoms with van der Waals surface area (Å²) in [5, 5.41) is 0. The van der Waals surface area contributed by atoms with Crippen molar-refractivity contribution in [3.8, 4) is 0 Å². The lowest BCUT2D eigenvalue weighted by Gasteiger charge is -2.21. The third kappa shape index (κ3) is 3.61. The molecule has 1 aromatic heterocycles. The monoisotopic (exact) mass is 220 g/mol. The first-order chi connectivity index (χ1) is 6.92. The number of nitrogen functional groups attached to an aromatic ring is 1. The van der Waals surface area contributed by atoms with Gasteiger partial charge in [-0.05, 0) is 6.92 Å². The zero-order valence-corrected chi connectivity index (χ0v) is 8.12. The molecular formula is C8H11F3N4. The minimum Gasteiger partial charge on any atom is -0.396 e. The molecular weight excluding hydrogens is 209 g/mol. The smallest absolute Gasteiger partial charge is 0.396 e. The lowest BCUT2D eigenvalue weighted by atomic mass is 10.5. The van der Waals surface area contributed by atoms with Gasteiger partial charge in [0, 0.05) is 6.54 Å². The highest BCUT2D eigenvalue weighted by atomic mass is 19.4. The van der Waals surface area contributed by atoms with Crippen LogP contribution in [0.2, 0.25) is 0 Å². The zero-order chi connectivity index (χ0) is 11.5. The Bertz CT molecular complexity index is 309. The molecule has 2 N–H and O–H groups in total. The fourth-order valence-corrected chi connectivity index (χ4v) is 1.03. The van der Waals surface area contributed by atoms with Crippen molar-refractivity contribution >= 4 is 11.6 Å². The minimum atomic E-state index is -4.26. The molecule has 0 spiro atoms. The first-order valence-electron chi connectivity index (χ1n) is 4.31. The molecule has 0 aliphatic heterocycles. The second-order valence-electron chi connectivity index (χ2n) is 2.95. The van der Waals surface area contributed by atoms with Gasteiger partial charge < -0.3 is 10.6 Å². The summed E-state index contributed by atoms with van der Waals surface area (Å²) in [5.41, 5.74) is 5.65. The molecule has 84 valence electrons. The quantitative estimate of drug-likeness (QED) is 0.837. The maximum absolute atomic E-state index is 12.1. The van der Waals surface area contributed by atoms with E-state index in [4.69, 9.17) is 5.73 Å². The average molecular weight is 220 g/mol. The Hall–Kier alpha value is -1.53. The summed E-state index contributed by atoms with van der Waals surface area (Å²) in [6.45, 7) is 0.725. The summed E-state index contributed by atoms with van der Waals surface area (Å²) in [4.78, 5) is 8.47. The van der Waals surface area contributed by atoms with Crippen LogP contribution in [-0.2, 0) is 0 Å². The Morgan fingerprint density at radius 1 is 1.33 bits per heavy atom. The summed E-state index contributed by atoms with van der Waals surface area (Å²) >= 11 is 0. The molecule has 0 saturated heterocycles. The normalized spacial score (nSPS) is 11.5. The van der Waals surface area contributed by atoms with Gasteiger partial charge in [-0.2, -0.15) is 13.2 Å². The van der Waals surface area contributed by atoms with Gasteiger partial charge in [0.05, 0.1) is 18.1 Å². The van der Waals surface area contributed by atoms with Crippen LogP contribution >= 0.6 is 0 Å². The highest BCUT2D eigenvalue weighted by Gasteiger charge is 2.31. The number of nitrogens with two attached hydrogens (primary N) is 1. The van der Waals surface area contributed by atoms with Crippen molar-refractivity contribution in [2.24, 2.45) is 0 Å². The Balaban J connectivity index is 2.79. The van der Waals surface area contributed by atoms with E-state index in [9.17, 15) is 13.2 Å². The Morgan fingerprint density at radius 3 is 2.27 bits per heavy atom. The number of rotatable bonds is 3. The van der Waals surface area contributed by atoms with E-state index in [1.807, 2.05) is 0 Å². The first kappa shape index (κ1) is 11.5. The third-order valence-corrected chi connectivity index (χ3v) is 1.69. The van der Waals surface area contributed by atoms with E-state index in [2.05, 4.69) is 9.97 Å². The van der Waals surface area contributed by atoms with E-state index < -0.39 is 12.7 Å². The maximum Gasteiger partial charge on any atom is 0.406 e. The summed E-state index contributed by atoms with van der Waals surface area (Å²) in [5.74, 6) is 0.0315. The number of nitrogens with zero attached hydrogens (tertiary/aromatic N) is 3. The molecule has 4 nitrogen and oxygen atoms in total. The molecule has 0 atom stereocenters. The van der Waals surface area contributed by atoms with Crippen molar-refractivity contribution < 1.29 is 13.2 Å². The van der Waals surface area contributed by atoms with Crippen LogP contribution in [0.1, 0.15) is 6.92 Å². The number of hydrogen-bond acceptors (Lipinski definition) is 4. The van der Waals surface area contributed by atoms with Crippen LogP contribution in [0.4, 0.5) is 24.8 Å². The van der Waals surface area contributed by atoms with Crippen molar-refractivity contribution in [2.45, 2.75) is 13.1 Å². The molecule has 0 bridgehead atoms. The Labute approximate surface area is 84.9 Å². The summed E-state index contributed by atoms with van der Waals surface area (Å²) in [7, 11) is 0. The molecule has 1 aromatic rings. The van der Waals surface area contributed by atoms with E-state index in [1.165, 1.54) is 12.4 Å². The SMILES string of the molecule is CCN(CC(F)(F)F)c1ncc(N)cn1. The van der Waals surface area contributed by atoms with E-state index in [-0.39, 0.29) is 12.5 Å². The molecule has 0 aromatic carbocycles. The van der Waals surface area contributed by atoms with Crippen LogP contribution in [0.3, 0.4) is 0 Å². The highest BCUT2D eigenvalue weighted by molar-refractivity contribution is 5.37. The van der Waals surface area contributed by atoms with Gasteiger partial charge in [-0.3, -0.25) is 0 Å². The van der Waals surface area contributed by atoms with Gasteiger partial charge in [-0.1, -0.05) is 0 Å². The second kappa shape index (κ2) is 4.33. The first-order valence-corrected chi connectivity index (χ1v) is 4.31. The summed E-state index contributed by atoms with van der Waals surface area (Å²) < 4.78 is 36.4. The van der Waals surface area contributed by atoms with Crippen LogP contribution in [0.5, 0.6) is 0 Å². The standard InChI is InChI=1S/C8H11F3N4/c1-2-15(5-8(9,10)11)7-13-3-6(12)4-14-7/h3-4H,2,5,12H2,1H3. The van der Waals surface area contributed by atoms with Crippen molar-refractivity contribution in [3.63, 3.8) is 0 Å². The number of hydrogen-bond donors (Lipinski definition) is 1. The molecule has 0 aliphatic rings. The fourth-order valence-electron chi connectivity index (χ4n) is 1.03. The van der Waals surface area contributed by atoms with Crippen LogP contribution < -0.4 is 10.6 Å². The highest BCUT2D eigenvalue weighted by Crippen LogP contribution is 2.19. The molecule has 0 unspecified atom stereocenters. The van der Waals surface area contributed by atoms with E-state index in [1.54, 1.807) is 6.92 Å². The predicted molar refractivity (Wildman–Crippen MR) is 50.4 cm³/mol. The Kier molecular flexibility index (Phi) is 3.33. The van der Waals surface area contributed by atoms with Crippen molar-refractivity contribution in [3.05, 3.63) is 12.4 Å². The number of anilines is 2. The van der Waals surface area contributed by atoms with Crippen molar-refractivity contribution in [1.82, 2.24) is 9.97 Å². The van der Waals surface area contributed by atoms with Gasteiger partial charge in [0.15, 0.2) is 0 Å². The zero-order valence-electron chi connectivity index (χ0n) is 8.12. The molecule has 1 rings (SSSR count). The maximum atomic E-state index is 12.1. The lowest BCUT2D eigenvalue weighted by molar-refractivity contribution is -0.119. The van der Waals surface area contributed by atoms with Gasteiger partial charge in [0.25, 0.3) is 0 Å². The molecule has 1 heterocycles. The van der Waals surface area contributed by atoms with Crippen LogP contribution in [0.15, 0.2) is 12.4 Å². The predicted octanol–water partition coefficient (Wildman–Crippen LogP) is 1.45. The summed E-state index contributed by atoms with van der Waals surface area (Å²) in [6, 6.07) is 0. The van der Waals surface area contributed by atoms with Crippen LogP contribution in [0, 0.1) is 0 Å². The van der Waals surface area contributed by atoms with Crippen LogP contribution in [-0.4, -0.2) is 29.2 Å². The van der Waals surface area contributed by atoms with Crippen molar-refractivity contribution in [1.29, 1.82) is 0 Å². The summed E-state index contributed by atoms with van der Waals surface area (Å²) in [6.07, 6.45) is -1.70. The molecule has 0 aliphatic carbocycles. The minimum absolute atomic E-state index is 0.0315.